The molecule has 2 unspecified atom stereocenters. The lowest BCUT2D eigenvalue weighted by molar-refractivity contribution is -0.150. The fraction of sp³-hybridized carbons (Fsp3) is 0.562. The number of nitrogens with one attached hydrogen (secondary N) is 1. The molecule has 1 aromatic carbocycles. The van der Waals surface area contributed by atoms with Gasteiger partial charge in [0.25, 0.3) is 0 Å². The highest BCUT2D eigenvalue weighted by atomic mass is 35.5. The summed E-state index contributed by atoms with van der Waals surface area (Å²) >= 11 is 7.70. The Labute approximate surface area is 136 Å². The van der Waals surface area contributed by atoms with E-state index in [1.54, 1.807) is 7.05 Å². The molecule has 1 aromatic rings. The van der Waals surface area contributed by atoms with Gasteiger partial charge in [-0.2, -0.15) is 11.8 Å². The van der Waals surface area contributed by atoms with Crippen molar-refractivity contribution in [1.82, 2.24) is 5.32 Å². The minimum absolute atomic E-state index is 0.188. The van der Waals surface area contributed by atoms with Crippen molar-refractivity contribution in [2.75, 3.05) is 13.7 Å². The van der Waals surface area contributed by atoms with Crippen LogP contribution in [-0.4, -0.2) is 30.4 Å². The average molecular weight is 330 g/mol. The van der Waals surface area contributed by atoms with Crippen LogP contribution in [0.5, 0.6) is 0 Å². The van der Waals surface area contributed by atoms with Crippen LogP contribution in [0.25, 0.3) is 0 Å². The average Bonchev–Trinajstić information content (AvgIpc) is 2.46. The number of esters is 1. The van der Waals surface area contributed by atoms with Gasteiger partial charge >= 0.3 is 5.97 Å². The largest absolute Gasteiger partial charge is 0.465 e. The predicted molar refractivity (Wildman–Crippen MR) is 90.9 cm³/mol. The van der Waals surface area contributed by atoms with Crippen LogP contribution in [0.1, 0.15) is 32.8 Å². The Morgan fingerprint density at radius 1 is 1.43 bits per heavy atom. The van der Waals surface area contributed by atoms with Gasteiger partial charge in [0, 0.05) is 16.0 Å². The maximum Gasteiger partial charge on any atom is 0.326 e. The van der Waals surface area contributed by atoms with Gasteiger partial charge in [-0.05, 0) is 45.0 Å². The number of halogens is 1. The van der Waals surface area contributed by atoms with Crippen LogP contribution >= 0.6 is 23.4 Å². The van der Waals surface area contributed by atoms with E-state index in [1.807, 2.05) is 49.9 Å². The molecule has 0 aliphatic heterocycles. The highest BCUT2D eigenvalue weighted by Gasteiger charge is 2.34. The molecule has 1 N–H and O–H groups in total. The van der Waals surface area contributed by atoms with E-state index < -0.39 is 5.54 Å². The SMILES string of the molecule is CCOC(=O)C(C)(CC(C)SCc1ccc(Cl)cc1)NC. The molecular weight excluding hydrogens is 306 g/mol. The van der Waals surface area contributed by atoms with Crippen molar-refractivity contribution in [3.8, 4) is 0 Å². The number of carbonyl (C=O) groups is 1. The van der Waals surface area contributed by atoms with Crippen molar-refractivity contribution in [3.63, 3.8) is 0 Å². The molecule has 0 fully saturated rings. The molecule has 0 heterocycles. The zero-order valence-corrected chi connectivity index (χ0v) is 14.7. The third kappa shape index (κ3) is 5.89. The standard InChI is InChI=1S/C16H24ClNO2S/c1-5-20-15(19)16(3,18-4)10-12(2)21-11-13-6-8-14(17)9-7-13/h6-9,12,18H,5,10-11H2,1-4H3. The lowest BCUT2D eigenvalue weighted by Gasteiger charge is -2.29. The molecule has 5 heteroatoms. The summed E-state index contributed by atoms with van der Waals surface area (Å²) in [6.07, 6.45) is 0.723. The van der Waals surface area contributed by atoms with Gasteiger partial charge < -0.3 is 10.1 Å². The summed E-state index contributed by atoms with van der Waals surface area (Å²) in [7, 11) is 1.80. The second-order valence-electron chi connectivity index (χ2n) is 5.25. The lowest BCUT2D eigenvalue weighted by atomic mass is 9.96. The Hall–Kier alpha value is -0.710. The first-order valence-electron chi connectivity index (χ1n) is 7.13. The second kappa shape index (κ2) is 8.66. The van der Waals surface area contributed by atoms with Gasteiger partial charge in [-0.25, -0.2) is 0 Å². The van der Waals surface area contributed by atoms with E-state index in [9.17, 15) is 4.79 Å². The lowest BCUT2D eigenvalue weighted by Crippen LogP contribution is -2.50. The van der Waals surface area contributed by atoms with Crippen molar-refractivity contribution in [2.45, 2.75) is 43.7 Å². The van der Waals surface area contributed by atoms with E-state index in [1.165, 1.54) is 5.56 Å². The number of carbonyl (C=O) groups excluding carboxylic acids is 1. The molecule has 21 heavy (non-hydrogen) atoms. The quantitative estimate of drug-likeness (QED) is 0.734. The van der Waals surface area contributed by atoms with Gasteiger partial charge in [-0.3, -0.25) is 4.79 Å². The van der Waals surface area contributed by atoms with E-state index in [-0.39, 0.29) is 5.97 Å². The summed E-state index contributed by atoms with van der Waals surface area (Å²) in [6, 6.07) is 7.87. The van der Waals surface area contributed by atoms with Crippen molar-refractivity contribution in [3.05, 3.63) is 34.9 Å². The molecule has 0 amide bonds. The highest BCUT2D eigenvalue weighted by Crippen LogP contribution is 2.26. The van der Waals surface area contributed by atoms with Gasteiger partial charge in [-0.15, -0.1) is 0 Å². The van der Waals surface area contributed by atoms with E-state index in [4.69, 9.17) is 16.3 Å². The first-order valence-corrected chi connectivity index (χ1v) is 8.56. The molecule has 3 nitrogen and oxygen atoms in total. The van der Waals surface area contributed by atoms with E-state index in [0.29, 0.717) is 11.9 Å². The first-order chi connectivity index (χ1) is 9.91. The Morgan fingerprint density at radius 3 is 2.57 bits per heavy atom. The van der Waals surface area contributed by atoms with Crippen molar-refractivity contribution in [1.29, 1.82) is 0 Å². The molecule has 0 spiro atoms. The van der Waals surface area contributed by atoms with E-state index in [2.05, 4.69) is 12.2 Å². The maximum atomic E-state index is 12.0. The number of ether oxygens (including phenoxy) is 1. The van der Waals surface area contributed by atoms with E-state index >= 15 is 0 Å². The summed E-state index contributed by atoms with van der Waals surface area (Å²) in [5.41, 5.74) is 0.598. The topological polar surface area (TPSA) is 38.3 Å². The van der Waals surface area contributed by atoms with Gasteiger partial charge in [0.15, 0.2) is 0 Å². The van der Waals surface area contributed by atoms with Crippen molar-refractivity contribution < 1.29 is 9.53 Å². The fourth-order valence-electron chi connectivity index (χ4n) is 2.03. The number of hydrogen-bond acceptors (Lipinski definition) is 4. The minimum Gasteiger partial charge on any atom is -0.465 e. The Bertz CT molecular complexity index is 452. The van der Waals surface area contributed by atoms with Gasteiger partial charge in [0.1, 0.15) is 5.54 Å². The summed E-state index contributed by atoms with van der Waals surface area (Å²) in [4.78, 5) is 12.0. The molecular formula is C16H24ClNO2S. The monoisotopic (exact) mass is 329 g/mol. The number of rotatable bonds is 8. The third-order valence-corrected chi connectivity index (χ3v) is 4.91. The minimum atomic E-state index is -0.636. The van der Waals surface area contributed by atoms with Crippen molar-refractivity contribution >= 4 is 29.3 Å². The molecule has 0 aromatic heterocycles. The second-order valence-corrected chi connectivity index (χ2v) is 7.12. The Balaban J connectivity index is 2.52. The molecule has 118 valence electrons. The molecule has 0 saturated carbocycles. The van der Waals surface area contributed by atoms with Gasteiger partial charge in [-0.1, -0.05) is 30.7 Å². The number of benzene rings is 1. The van der Waals surface area contributed by atoms with Crippen LogP contribution in [0.15, 0.2) is 24.3 Å². The van der Waals surface area contributed by atoms with Crippen LogP contribution in [0.4, 0.5) is 0 Å². The zero-order chi connectivity index (χ0) is 15.9. The Morgan fingerprint density at radius 2 is 2.05 bits per heavy atom. The van der Waals surface area contributed by atoms with E-state index in [0.717, 1.165) is 17.2 Å². The third-order valence-electron chi connectivity index (χ3n) is 3.42. The number of hydrogen-bond donors (Lipinski definition) is 1. The van der Waals surface area contributed by atoms with Crippen LogP contribution in [0, 0.1) is 0 Å². The summed E-state index contributed by atoms with van der Waals surface area (Å²) in [6.45, 7) is 6.26. The van der Waals surface area contributed by atoms with Crippen molar-refractivity contribution in [2.24, 2.45) is 0 Å². The predicted octanol–water partition coefficient (Wildman–Crippen LogP) is 3.89. The molecule has 0 bridgehead atoms. The molecule has 0 aliphatic carbocycles. The molecule has 2 atom stereocenters. The molecule has 0 radical (unpaired) electrons. The molecule has 0 aliphatic rings. The van der Waals surface area contributed by atoms with Crippen LogP contribution in [0.2, 0.25) is 5.02 Å². The normalized spacial score (nSPS) is 15.3. The van der Waals surface area contributed by atoms with Crippen LogP contribution in [-0.2, 0) is 15.3 Å². The summed E-state index contributed by atoms with van der Waals surface area (Å²) in [5.74, 6) is 0.715. The molecule has 1 rings (SSSR count). The van der Waals surface area contributed by atoms with Gasteiger partial charge in [0.05, 0.1) is 6.61 Å². The van der Waals surface area contributed by atoms with Crippen LogP contribution < -0.4 is 5.32 Å². The fourth-order valence-corrected chi connectivity index (χ4v) is 3.28. The van der Waals surface area contributed by atoms with Gasteiger partial charge in [0.2, 0.25) is 0 Å². The summed E-state index contributed by atoms with van der Waals surface area (Å²) < 4.78 is 5.15. The highest BCUT2D eigenvalue weighted by molar-refractivity contribution is 7.99. The van der Waals surface area contributed by atoms with Crippen LogP contribution in [0.3, 0.4) is 0 Å². The first kappa shape index (κ1) is 18.3. The Kier molecular flexibility index (Phi) is 7.57. The number of likely N-dealkylation sites (N-methyl/N-ethyl adjacent to an activating group) is 1. The smallest absolute Gasteiger partial charge is 0.326 e. The number of thioether (sulfide) groups is 1. The maximum absolute atomic E-state index is 12.0. The molecule has 0 saturated heterocycles. The zero-order valence-electron chi connectivity index (χ0n) is 13.1. The summed E-state index contributed by atoms with van der Waals surface area (Å²) in [5, 5.41) is 4.18.